The lowest BCUT2D eigenvalue weighted by Gasteiger charge is -2.04. The topological polar surface area (TPSA) is 81.1 Å². The Morgan fingerprint density at radius 2 is 2.18 bits per heavy atom. The number of nitrogens with two attached hydrogens (primary N) is 1. The van der Waals surface area contributed by atoms with Crippen molar-refractivity contribution in [2.45, 2.75) is 6.54 Å². The number of benzene rings is 1. The molecule has 6 heteroatoms. The number of para-hydroxylation sites is 1. The van der Waals surface area contributed by atoms with E-state index in [2.05, 4.69) is 20.6 Å². The van der Waals surface area contributed by atoms with Crippen molar-refractivity contribution in [3.05, 3.63) is 42.7 Å². The van der Waals surface area contributed by atoms with E-state index in [1.54, 1.807) is 17.1 Å². The summed E-state index contributed by atoms with van der Waals surface area (Å²) in [5.74, 6) is 0.399. The summed E-state index contributed by atoms with van der Waals surface area (Å²) in [7, 11) is 0. The van der Waals surface area contributed by atoms with Crippen LogP contribution in [0.15, 0.2) is 47.7 Å². The summed E-state index contributed by atoms with van der Waals surface area (Å²) in [6.45, 7) is 1.23. The molecule has 1 aromatic heterocycles. The van der Waals surface area contributed by atoms with Crippen LogP contribution in [-0.2, 0) is 6.54 Å². The molecule has 0 spiro atoms. The minimum absolute atomic E-state index is 0.399. The molecular formula is C11H14N6. The minimum atomic E-state index is 0.399. The van der Waals surface area contributed by atoms with Crippen LogP contribution in [0.3, 0.4) is 0 Å². The highest BCUT2D eigenvalue weighted by Gasteiger charge is 1.94. The Labute approximate surface area is 99.2 Å². The molecule has 0 radical (unpaired) electrons. The average Bonchev–Trinajstić information content (AvgIpc) is 2.83. The van der Waals surface area contributed by atoms with Gasteiger partial charge in [-0.25, -0.2) is 0 Å². The maximum Gasteiger partial charge on any atom is 0.193 e. The van der Waals surface area contributed by atoms with Crippen molar-refractivity contribution >= 4 is 11.6 Å². The summed E-state index contributed by atoms with van der Waals surface area (Å²) >= 11 is 0. The summed E-state index contributed by atoms with van der Waals surface area (Å²) in [6.07, 6.45) is 3.42. The van der Waals surface area contributed by atoms with Gasteiger partial charge in [-0.05, 0) is 12.1 Å². The van der Waals surface area contributed by atoms with Crippen LogP contribution < -0.4 is 11.1 Å². The lowest BCUT2D eigenvalue weighted by molar-refractivity contribution is 0.599. The monoisotopic (exact) mass is 230 g/mol. The fourth-order valence-electron chi connectivity index (χ4n) is 1.33. The molecule has 0 unspecified atom stereocenters. The van der Waals surface area contributed by atoms with Crippen LogP contribution in [0.5, 0.6) is 0 Å². The molecule has 0 atom stereocenters. The molecule has 17 heavy (non-hydrogen) atoms. The van der Waals surface area contributed by atoms with Gasteiger partial charge < -0.3 is 11.1 Å². The minimum Gasteiger partial charge on any atom is -0.370 e. The van der Waals surface area contributed by atoms with Crippen molar-refractivity contribution in [3.8, 4) is 0 Å². The molecule has 1 aromatic carbocycles. The summed E-state index contributed by atoms with van der Waals surface area (Å²) in [6, 6.07) is 9.68. The van der Waals surface area contributed by atoms with Gasteiger partial charge in [0, 0.05) is 11.9 Å². The van der Waals surface area contributed by atoms with Gasteiger partial charge in [0.25, 0.3) is 0 Å². The van der Waals surface area contributed by atoms with E-state index in [1.165, 1.54) is 0 Å². The van der Waals surface area contributed by atoms with Crippen molar-refractivity contribution in [3.63, 3.8) is 0 Å². The van der Waals surface area contributed by atoms with E-state index < -0.39 is 0 Å². The predicted octanol–water partition coefficient (Wildman–Crippen LogP) is 0.705. The van der Waals surface area contributed by atoms with Crippen molar-refractivity contribution in [1.29, 1.82) is 0 Å². The Balaban J connectivity index is 1.81. The second kappa shape index (κ2) is 5.64. The number of anilines is 1. The zero-order valence-corrected chi connectivity index (χ0v) is 9.32. The van der Waals surface area contributed by atoms with Crippen LogP contribution in [0.1, 0.15) is 0 Å². The van der Waals surface area contributed by atoms with Gasteiger partial charge in [-0.2, -0.15) is 0 Å². The maximum atomic E-state index is 5.74. The number of guanidine groups is 1. The van der Waals surface area contributed by atoms with Gasteiger partial charge in [-0.1, -0.05) is 23.4 Å². The van der Waals surface area contributed by atoms with E-state index in [0.717, 1.165) is 5.69 Å². The van der Waals surface area contributed by atoms with Crippen molar-refractivity contribution in [1.82, 2.24) is 15.0 Å². The molecule has 1 heterocycles. The third kappa shape index (κ3) is 3.60. The van der Waals surface area contributed by atoms with Gasteiger partial charge >= 0.3 is 0 Å². The summed E-state index contributed by atoms with van der Waals surface area (Å²) in [4.78, 5) is 4.19. The maximum absolute atomic E-state index is 5.74. The molecule has 2 rings (SSSR count). The van der Waals surface area contributed by atoms with Crippen LogP contribution in [0.2, 0.25) is 0 Å². The second-order valence-corrected chi connectivity index (χ2v) is 3.42. The highest BCUT2D eigenvalue weighted by molar-refractivity contribution is 5.92. The van der Waals surface area contributed by atoms with E-state index in [9.17, 15) is 0 Å². The van der Waals surface area contributed by atoms with Crippen LogP contribution in [-0.4, -0.2) is 27.5 Å². The van der Waals surface area contributed by atoms with Gasteiger partial charge in [0.15, 0.2) is 5.96 Å². The van der Waals surface area contributed by atoms with Gasteiger partial charge in [-0.15, -0.1) is 5.10 Å². The Kier molecular flexibility index (Phi) is 3.69. The van der Waals surface area contributed by atoms with E-state index in [4.69, 9.17) is 5.73 Å². The van der Waals surface area contributed by atoms with E-state index in [1.807, 2.05) is 30.3 Å². The highest BCUT2D eigenvalue weighted by Crippen LogP contribution is 2.03. The van der Waals surface area contributed by atoms with Crippen molar-refractivity contribution in [2.24, 2.45) is 10.7 Å². The number of aromatic nitrogens is 3. The number of hydrogen-bond acceptors (Lipinski definition) is 3. The Morgan fingerprint density at radius 1 is 1.35 bits per heavy atom. The van der Waals surface area contributed by atoms with Crippen LogP contribution >= 0.6 is 0 Å². The quantitative estimate of drug-likeness (QED) is 0.598. The Morgan fingerprint density at radius 3 is 2.88 bits per heavy atom. The average molecular weight is 230 g/mol. The zero-order chi connectivity index (χ0) is 11.9. The molecule has 0 aliphatic rings. The molecule has 0 fully saturated rings. The van der Waals surface area contributed by atoms with Crippen LogP contribution in [0.25, 0.3) is 0 Å². The molecule has 0 aliphatic carbocycles. The number of nitrogens with one attached hydrogen (secondary N) is 1. The van der Waals surface area contributed by atoms with Crippen molar-refractivity contribution < 1.29 is 0 Å². The van der Waals surface area contributed by atoms with Crippen LogP contribution in [0.4, 0.5) is 5.69 Å². The summed E-state index contributed by atoms with van der Waals surface area (Å²) in [5.41, 5.74) is 6.66. The first kappa shape index (κ1) is 11.1. The molecular weight excluding hydrogens is 216 g/mol. The fourth-order valence-corrected chi connectivity index (χ4v) is 1.33. The lowest BCUT2D eigenvalue weighted by atomic mass is 10.3. The largest absolute Gasteiger partial charge is 0.370 e. The van der Waals surface area contributed by atoms with Gasteiger partial charge in [0.1, 0.15) is 0 Å². The smallest absolute Gasteiger partial charge is 0.193 e. The zero-order valence-electron chi connectivity index (χ0n) is 9.32. The molecule has 0 amide bonds. The number of rotatable bonds is 4. The van der Waals surface area contributed by atoms with Crippen molar-refractivity contribution in [2.75, 3.05) is 11.9 Å². The van der Waals surface area contributed by atoms with E-state index >= 15 is 0 Å². The molecule has 0 aliphatic heterocycles. The Hall–Kier alpha value is -2.37. The fraction of sp³-hybridized carbons (Fsp3) is 0.182. The summed E-state index contributed by atoms with van der Waals surface area (Å²) < 4.78 is 1.71. The third-order valence-electron chi connectivity index (χ3n) is 2.13. The molecule has 3 N–H and O–H groups in total. The van der Waals surface area contributed by atoms with Gasteiger partial charge in [0.05, 0.1) is 19.3 Å². The first-order chi connectivity index (χ1) is 8.34. The molecule has 0 bridgehead atoms. The molecule has 0 saturated carbocycles. The molecule has 6 nitrogen and oxygen atoms in total. The lowest BCUT2D eigenvalue weighted by Crippen LogP contribution is -2.23. The highest BCUT2D eigenvalue weighted by atomic mass is 15.4. The molecule has 88 valence electrons. The van der Waals surface area contributed by atoms with Gasteiger partial charge in [0.2, 0.25) is 0 Å². The predicted molar refractivity (Wildman–Crippen MR) is 66.6 cm³/mol. The number of aliphatic imine (C=N–C) groups is 1. The molecule has 0 saturated heterocycles. The second-order valence-electron chi connectivity index (χ2n) is 3.42. The summed E-state index contributed by atoms with van der Waals surface area (Å²) in [5, 5.41) is 10.5. The van der Waals surface area contributed by atoms with E-state index in [-0.39, 0.29) is 0 Å². The van der Waals surface area contributed by atoms with Crippen LogP contribution in [0, 0.1) is 0 Å². The normalized spacial score (nSPS) is 11.4. The van der Waals surface area contributed by atoms with E-state index in [0.29, 0.717) is 19.0 Å². The standard InChI is InChI=1S/C11H14N6/c12-11(15-10-4-2-1-3-5-10)13-6-8-17-9-7-14-16-17/h1-5,7,9H,6,8H2,(H3,12,13,15). The molecule has 2 aromatic rings. The first-order valence-electron chi connectivity index (χ1n) is 5.31. The SMILES string of the molecule is NC(=NCCn1ccnn1)Nc1ccccc1. The first-order valence-corrected chi connectivity index (χ1v) is 5.31. The number of hydrogen-bond donors (Lipinski definition) is 2. The third-order valence-corrected chi connectivity index (χ3v) is 2.13. The number of nitrogens with zero attached hydrogens (tertiary/aromatic N) is 4. The van der Waals surface area contributed by atoms with Gasteiger partial charge in [-0.3, -0.25) is 9.67 Å². The Bertz CT molecular complexity index is 462.